The van der Waals surface area contributed by atoms with Crippen LogP contribution in [0.1, 0.15) is 36.8 Å². The van der Waals surface area contributed by atoms with E-state index in [9.17, 15) is 18.0 Å². The Morgan fingerprint density at radius 3 is 2.00 bits per heavy atom. The lowest BCUT2D eigenvalue weighted by atomic mass is 10.0. The van der Waals surface area contributed by atoms with Gasteiger partial charge >= 0.3 is 0 Å². The highest BCUT2D eigenvalue weighted by Gasteiger charge is 2.36. The van der Waals surface area contributed by atoms with Crippen molar-refractivity contribution in [2.75, 3.05) is 10.8 Å². The number of rotatable bonds is 12. The predicted molar refractivity (Wildman–Crippen MR) is 189 cm³/mol. The average Bonchev–Trinajstić information content (AvgIpc) is 3.58. The van der Waals surface area contributed by atoms with Gasteiger partial charge in [0.1, 0.15) is 12.6 Å². The van der Waals surface area contributed by atoms with Gasteiger partial charge < -0.3 is 10.2 Å². The molecule has 1 N–H and O–H groups in total. The van der Waals surface area contributed by atoms with Crippen LogP contribution in [-0.2, 0) is 32.6 Å². The Labute approximate surface area is 295 Å². The zero-order valence-corrected chi connectivity index (χ0v) is 29.1. The highest BCUT2D eigenvalue weighted by atomic mass is 35.5. The number of hydrogen-bond acceptors (Lipinski definition) is 4. The van der Waals surface area contributed by atoms with Gasteiger partial charge in [0, 0.05) is 34.6 Å². The first-order valence-electron chi connectivity index (χ1n) is 15.1. The first-order valence-corrected chi connectivity index (χ1v) is 18.1. The Morgan fingerprint density at radius 1 is 0.766 bits per heavy atom. The lowest BCUT2D eigenvalue weighted by Crippen LogP contribution is -2.54. The van der Waals surface area contributed by atoms with Gasteiger partial charge in [-0.1, -0.05) is 114 Å². The highest BCUT2D eigenvalue weighted by Crippen LogP contribution is 2.32. The molecule has 4 aromatic rings. The van der Waals surface area contributed by atoms with Gasteiger partial charge in [-0.05, 0) is 60.9 Å². The SMILES string of the molecule is O=C(NC1CCCC1)[C@H](Cc1ccccc1)N(Cc1c(Cl)cccc1Cl)C(=O)CN(c1ccc(Cl)c(Cl)c1)S(=O)(=O)c1ccccc1. The van der Waals surface area contributed by atoms with Gasteiger partial charge in [-0.3, -0.25) is 13.9 Å². The molecule has 246 valence electrons. The molecule has 1 aliphatic carbocycles. The second-order valence-electron chi connectivity index (χ2n) is 11.3. The van der Waals surface area contributed by atoms with Crippen molar-refractivity contribution in [2.24, 2.45) is 0 Å². The quantitative estimate of drug-likeness (QED) is 0.159. The summed E-state index contributed by atoms with van der Waals surface area (Å²) in [6.45, 7) is -0.799. The Bertz CT molecular complexity index is 1800. The maximum Gasteiger partial charge on any atom is 0.264 e. The monoisotopic (exact) mass is 731 g/mol. The molecule has 1 saturated carbocycles. The second kappa shape index (κ2) is 15.8. The summed E-state index contributed by atoms with van der Waals surface area (Å²) in [5, 5.41) is 4.09. The molecule has 1 aliphatic rings. The van der Waals surface area contributed by atoms with Crippen molar-refractivity contribution in [3.8, 4) is 0 Å². The van der Waals surface area contributed by atoms with Crippen LogP contribution in [0.25, 0.3) is 0 Å². The minimum absolute atomic E-state index is 0.0206. The number of carbonyl (C=O) groups is 2. The van der Waals surface area contributed by atoms with Crippen LogP contribution in [0.15, 0.2) is 102 Å². The van der Waals surface area contributed by atoms with E-state index in [1.807, 2.05) is 30.3 Å². The van der Waals surface area contributed by atoms with Gasteiger partial charge in [0.15, 0.2) is 0 Å². The van der Waals surface area contributed by atoms with E-state index in [4.69, 9.17) is 46.4 Å². The number of carbonyl (C=O) groups excluding carboxylic acids is 2. The molecule has 1 fully saturated rings. The Hall–Kier alpha value is -3.27. The maximum atomic E-state index is 14.7. The molecule has 5 rings (SSSR count). The summed E-state index contributed by atoms with van der Waals surface area (Å²) in [4.78, 5) is 30.1. The fraction of sp³-hybridized carbons (Fsp3) is 0.257. The molecule has 2 amide bonds. The predicted octanol–water partition coefficient (Wildman–Crippen LogP) is 8.19. The van der Waals surface area contributed by atoms with Crippen molar-refractivity contribution in [3.63, 3.8) is 0 Å². The standard InChI is InChI=1S/C35H33Cl4N3O4S/c36-29-16-9-17-30(37)28(29)22-41(33(20-24-10-3-1-4-11-24)35(44)40-25-12-7-8-13-25)34(43)23-42(26-18-19-31(38)32(39)21-26)47(45,46)27-14-5-2-6-15-27/h1-6,9-11,14-19,21,25,33H,7-8,12-13,20,22-23H2,(H,40,44)/t33-/m0/s1. The third-order valence-corrected chi connectivity index (χ3v) is 11.4. The molecule has 0 saturated heterocycles. The minimum Gasteiger partial charge on any atom is -0.352 e. The molecule has 12 heteroatoms. The third-order valence-electron chi connectivity index (χ3n) is 8.16. The fourth-order valence-electron chi connectivity index (χ4n) is 5.66. The molecule has 47 heavy (non-hydrogen) atoms. The van der Waals surface area contributed by atoms with E-state index in [-0.39, 0.29) is 45.5 Å². The topological polar surface area (TPSA) is 86.8 Å². The zero-order valence-electron chi connectivity index (χ0n) is 25.3. The van der Waals surface area contributed by atoms with Crippen LogP contribution in [0.2, 0.25) is 20.1 Å². The van der Waals surface area contributed by atoms with Gasteiger partial charge in [0.05, 0.1) is 20.6 Å². The van der Waals surface area contributed by atoms with Gasteiger partial charge in [-0.2, -0.15) is 0 Å². The molecule has 0 heterocycles. The van der Waals surface area contributed by atoms with E-state index < -0.39 is 28.5 Å². The smallest absolute Gasteiger partial charge is 0.264 e. The lowest BCUT2D eigenvalue weighted by Gasteiger charge is -2.34. The molecule has 0 aliphatic heterocycles. The maximum absolute atomic E-state index is 14.7. The van der Waals surface area contributed by atoms with Crippen LogP contribution in [0.3, 0.4) is 0 Å². The summed E-state index contributed by atoms with van der Waals surface area (Å²) in [6, 6.07) is 25.4. The highest BCUT2D eigenvalue weighted by molar-refractivity contribution is 7.92. The summed E-state index contributed by atoms with van der Waals surface area (Å²) in [7, 11) is -4.29. The first kappa shape index (κ1) is 35.0. The van der Waals surface area contributed by atoms with Crippen LogP contribution < -0.4 is 9.62 Å². The van der Waals surface area contributed by atoms with Crippen LogP contribution in [0.4, 0.5) is 5.69 Å². The van der Waals surface area contributed by atoms with E-state index in [2.05, 4.69) is 5.32 Å². The van der Waals surface area contributed by atoms with Gasteiger partial charge in [-0.15, -0.1) is 0 Å². The van der Waals surface area contributed by atoms with Crippen molar-refractivity contribution >= 4 is 73.9 Å². The average molecular weight is 734 g/mol. The van der Waals surface area contributed by atoms with Crippen molar-refractivity contribution in [2.45, 2.75) is 55.6 Å². The first-order chi connectivity index (χ1) is 22.5. The van der Waals surface area contributed by atoms with Gasteiger partial charge in [-0.25, -0.2) is 8.42 Å². The van der Waals surface area contributed by atoms with E-state index in [0.717, 1.165) is 35.6 Å². The summed E-state index contributed by atoms with van der Waals surface area (Å²) in [6.07, 6.45) is 3.86. The number of hydrogen-bond donors (Lipinski definition) is 1. The summed E-state index contributed by atoms with van der Waals surface area (Å²) >= 11 is 25.7. The fourth-order valence-corrected chi connectivity index (χ4v) is 7.90. The van der Waals surface area contributed by atoms with E-state index in [1.165, 1.54) is 35.2 Å². The molecule has 1 atom stereocenters. The Morgan fingerprint density at radius 2 is 1.38 bits per heavy atom. The van der Waals surface area contributed by atoms with E-state index in [1.54, 1.807) is 36.4 Å². The number of amides is 2. The van der Waals surface area contributed by atoms with Crippen molar-refractivity contribution in [1.82, 2.24) is 10.2 Å². The normalized spacial score (nSPS) is 14.0. The number of nitrogens with zero attached hydrogens (tertiary/aromatic N) is 2. The molecular formula is C35H33Cl4N3O4S. The van der Waals surface area contributed by atoms with Crippen molar-refractivity contribution in [3.05, 3.63) is 128 Å². The number of nitrogens with one attached hydrogen (secondary N) is 1. The second-order valence-corrected chi connectivity index (χ2v) is 14.8. The number of halogens is 4. The zero-order chi connectivity index (χ0) is 33.6. The molecule has 4 aromatic carbocycles. The van der Waals surface area contributed by atoms with Crippen molar-refractivity contribution in [1.29, 1.82) is 0 Å². The summed E-state index contributed by atoms with van der Waals surface area (Å²) in [5.41, 5.74) is 1.38. The van der Waals surface area contributed by atoms with Gasteiger partial charge in [0.25, 0.3) is 10.0 Å². The third kappa shape index (κ3) is 8.61. The molecule has 0 spiro atoms. The summed E-state index contributed by atoms with van der Waals surface area (Å²) < 4.78 is 29.2. The molecule has 0 bridgehead atoms. The largest absolute Gasteiger partial charge is 0.352 e. The number of anilines is 1. The molecule has 0 unspecified atom stereocenters. The number of benzene rings is 4. The molecule has 0 radical (unpaired) electrons. The minimum atomic E-state index is -4.29. The number of sulfonamides is 1. The Balaban J connectivity index is 1.60. The lowest BCUT2D eigenvalue weighted by molar-refractivity contribution is -0.140. The van der Waals surface area contributed by atoms with E-state index in [0.29, 0.717) is 15.6 Å². The van der Waals surface area contributed by atoms with Crippen LogP contribution in [-0.4, -0.2) is 43.8 Å². The molecule has 0 aromatic heterocycles. The van der Waals surface area contributed by atoms with Crippen LogP contribution >= 0.6 is 46.4 Å². The van der Waals surface area contributed by atoms with Crippen LogP contribution in [0.5, 0.6) is 0 Å². The van der Waals surface area contributed by atoms with Crippen molar-refractivity contribution < 1.29 is 18.0 Å². The van der Waals surface area contributed by atoms with Gasteiger partial charge in [0.2, 0.25) is 11.8 Å². The Kier molecular flexibility index (Phi) is 11.7. The van der Waals surface area contributed by atoms with E-state index >= 15 is 0 Å². The summed E-state index contributed by atoms with van der Waals surface area (Å²) in [5.74, 6) is -0.988. The molecular weight excluding hydrogens is 700 g/mol. The molecule has 7 nitrogen and oxygen atoms in total. The van der Waals surface area contributed by atoms with Crippen LogP contribution in [0, 0.1) is 0 Å².